The molecule has 0 atom stereocenters. The van der Waals surface area contributed by atoms with Crippen molar-refractivity contribution in [3.63, 3.8) is 0 Å². The van der Waals surface area contributed by atoms with Crippen molar-refractivity contribution in [1.82, 2.24) is 19.5 Å². The van der Waals surface area contributed by atoms with Crippen molar-refractivity contribution in [3.05, 3.63) is 70.7 Å². The van der Waals surface area contributed by atoms with E-state index in [4.69, 9.17) is 10.1 Å². The van der Waals surface area contributed by atoms with Gasteiger partial charge in [-0.1, -0.05) is 66.8 Å². The molecule has 2 aromatic carbocycles. The monoisotopic (exact) mass is 403 g/mol. The molecule has 7 heteroatoms. The summed E-state index contributed by atoms with van der Waals surface area (Å²) < 4.78 is 1.95. The van der Waals surface area contributed by atoms with E-state index in [1.807, 2.05) is 64.0 Å². The maximum atomic E-state index is 12.8. The Morgan fingerprint density at radius 2 is 1.93 bits per heavy atom. The minimum absolute atomic E-state index is 0.0551. The molecule has 1 aliphatic rings. The highest BCUT2D eigenvalue weighted by atomic mass is 32.1. The van der Waals surface area contributed by atoms with Crippen molar-refractivity contribution in [2.24, 2.45) is 0 Å². The Morgan fingerprint density at radius 1 is 1.14 bits per heavy atom. The number of aromatic nitrogens is 3. The van der Waals surface area contributed by atoms with Gasteiger partial charge in [-0.15, -0.1) is 5.10 Å². The van der Waals surface area contributed by atoms with Crippen LogP contribution in [0.25, 0.3) is 16.3 Å². The van der Waals surface area contributed by atoms with Gasteiger partial charge in [-0.05, 0) is 18.1 Å². The molecule has 1 aliphatic heterocycles. The van der Waals surface area contributed by atoms with Crippen LogP contribution in [0.1, 0.15) is 23.1 Å². The third-order valence-corrected chi connectivity index (χ3v) is 6.34. The molecule has 0 spiro atoms. The van der Waals surface area contributed by atoms with Gasteiger partial charge in [0.05, 0.1) is 12.2 Å². The van der Waals surface area contributed by atoms with E-state index in [1.165, 1.54) is 0 Å². The Balaban J connectivity index is 1.36. The molecule has 2 amide bonds. The maximum Gasteiger partial charge on any atom is 0.322 e. The number of anilines is 1. The Bertz CT molecular complexity index is 1180. The van der Waals surface area contributed by atoms with E-state index in [0.29, 0.717) is 13.1 Å². The largest absolute Gasteiger partial charge is 0.322 e. The number of hydrogen-bond donors (Lipinski definition) is 1. The van der Waals surface area contributed by atoms with E-state index >= 15 is 0 Å². The van der Waals surface area contributed by atoms with Crippen LogP contribution in [0.2, 0.25) is 0 Å². The summed E-state index contributed by atoms with van der Waals surface area (Å²) in [5.41, 5.74) is 4.22. The summed E-state index contributed by atoms with van der Waals surface area (Å²) in [6.07, 6.45) is 1.66. The van der Waals surface area contributed by atoms with Gasteiger partial charge < -0.3 is 10.2 Å². The molecule has 29 heavy (non-hydrogen) atoms. The standard InChI is InChI=1S/C22H21N5OS/c1-2-15-8-6-7-11-17(15)23-21(28)26-13-12-18-19(14-26)29-22-24-20(25-27(18)22)16-9-4-3-5-10-16/h3-11H,2,12-14H2,1H3,(H,23,28). The van der Waals surface area contributed by atoms with Crippen molar-refractivity contribution in [1.29, 1.82) is 0 Å². The molecule has 1 N–H and O–H groups in total. The smallest absolute Gasteiger partial charge is 0.319 e. The number of hydrogen-bond acceptors (Lipinski definition) is 4. The highest BCUT2D eigenvalue weighted by Gasteiger charge is 2.26. The van der Waals surface area contributed by atoms with E-state index in [9.17, 15) is 4.79 Å². The minimum Gasteiger partial charge on any atom is -0.319 e. The molecule has 0 saturated heterocycles. The average Bonchev–Trinajstić information content (AvgIpc) is 3.32. The number of rotatable bonds is 3. The number of nitrogens with zero attached hydrogens (tertiary/aromatic N) is 4. The first kappa shape index (κ1) is 17.9. The summed E-state index contributed by atoms with van der Waals surface area (Å²) >= 11 is 1.62. The first-order valence-electron chi connectivity index (χ1n) is 9.79. The van der Waals surface area contributed by atoms with Gasteiger partial charge in [-0.2, -0.15) is 4.98 Å². The van der Waals surface area contributed by atoms with Gasteiger partial charge >= 0.3 is 6.03 Å². The molecule has 2 aromatic heterocycles. The van der Waals surface area contributed by atoms with Crippen LogP contribution in [-0.4, -0.2) is 32.1 Å². The van der Waals surface area contributed by atoms with Crippen LogP contribution in [0.15, 0.2) is 54.6 Å². The molecule has 0 saturated carbocycles. The van der Waals surface area contributed by atoms with Crippen LogP contribution in [0, 0.1) is 0 Å². The predicted octanol–water partition coefficient (Wildman–Crippen LogP) is 4.61. The lowest BCUT2D eigenvalue weighted by Crippen LogP contribution is -2.38. The fraction of sp³-hybridized carbons (Fsp3) is 0.227. The van der Waals surface area contributed by atoms with Crippen LogP contribution >= 0.6 is 11.3 Å². The van der Waals surface area contributed by atoms with Crippen LogP contribution in [0.3, 0.4) is 0 Å². The third kappa shape index (κ3) is 3.27. The van der Waals surface area contributed by atoms with E-state index in [2.05, 4.69) is 12.2 Å². The quantitative estimate of drug-likeness (QED) is 0.543. The van der Waals surface area contributed by atoms with Gasteiger partial charge in [0.15, 0.2) is 5.82 Å². The van der Waals surface area contributed by atoms with Gasteiger partial charge in [0.25, 0.3) is 0 Å². The van der Waals surface area contributed by atoms with E-state index in [-0.39, 0.29) is 6.03 Å². The van der Waals surface area contributed by atoms with Gasteiger partial charge in [-0.25, -0.2) is 9.31 Å². The second-order valence-electron chi connectivity index (χ2n) is 7.08. The van der Waals surface area contributed by atoms with E-state index < -0.39 is 0 Å². The zero-order chi connectivity index (χ0) is 19.8. The lowest BCUT2D eigenvalue weighted by Gasteiger charge is -2.27. The number of para-hydroxylation sites is 1. The first-order chi connectivity index (χ1) is 14.2. The van der Waals surface area contributed by atoms with Crippen LogP contribution in [0.4, 0.5) is 10.5 Å². The van der Waals surface area contributed by atoms with Crippen molar-refractivity contribution in [2.45, 2.75) is 26.3 Å². The SMILES string of the molecule is CCc1ccccc1NC(=O)N1CCc2c(sc3nc(-c4ccccc4)nn23)C1. The molecule has 0 unspecified atom stereocenters. The first-order valence-corrected chi connectivity index (χ1v) is 10.6. The summed E-state index contributed by atoms with van der Waals surface area (Å²) in [5, 5.41) is 7.79. The molecule has 0 fully saturated rings. The number of carbonyl (C=O) groups is 1. The van der Waals surface area contributed by atoms with Crippen LogP contribution in [0.5, 0.6) is 0 Å². The van der Waals surface area contributed by atoms with Gasteiger partial charge in [0, 0.05) is 29.1 Å². The molecule has 0 radical (unpaired) electrons. The predicted molar refractivity (Wildman–Crippen MR) is 115 cm³/mol. The number of benzene rings is 2. The fourth-order valence-corrected chi connectivity index (χ4v) is 4.83. The molecule has 5 rings (SSSR count). The van der Waals surface area contributed by atoms with Crippen molar-refractivity contribution < 1.29 is 4.79 Å². The Kier molecular flexibility index (Phi) is 4.52. The summed E-state index contributed by atoms with van der Waals surface area (Å²) in [4.78, 5) is 21.4. The van der Waals surface area contributed by atoms with Crippen molar-refractivity contribution in [3.8, 4) is 11.4 Å². The zero-order valence-electron chi connectivity index (χ0n) is 16.1. The van der Waals surface area contributed by atoms with Crippen LogP contribution < -0.4 is 5.32 Å². The van der Waals surface area contributed by atoms with Gasteiger partial charge in [0.1, 0.15) is 0 Å². The fourth-order valence-electron chi connectivity index (χ4n) is 3.72. The number of carbonyl (C=O) groups excluding carboxylic acids is 1. The highest BCUT2D eigenvalue weighted by Crippen LogP contribution is 2.30. The second-order valence-corrected chi connectivity index (χ2v) is 8.14. The number of nitrogens with one attached hydrogen (secondary N) is 1. The number of fused-ring (bicyclic) bond motifs is 3. The third-order valence-electron chi connectivity index (χ3n) is 5.28. The molecule has 4 aromatic rings. The summed E-state index contributed by atoms with van der Waals surface area (Å²) in [7, 11) is 0. The zero-order valence-corrected chi connectivity index (χ0v) is 16.9. The Morgan fingerprint density at radius 3 is 2.76 bits per heavy atom. The van der Waals surface area contributed by atoms with E-state index in [1.54, 1.807) is 11.3 Å². The van der Waals surface area contributed by atoms with Crippen molar-refractivity contribution >= 4 is 28.0 Å². The van der Waals surface area contributed by atoms with Crippen molar-refractivity contribution in [2.75, 3.05) is 11.9 Å². The second kappa shape index (κ2) is 7.33. The average molecular weight is 404 g/mol. The number of aryl methyl sites for hydroxylation is 1. The summed E-state index contributed by atoms with van der Waals surface area (Å²) in [6.45, 7) is 3.35. The molecule has 146 valence electrons. The van der Waals surface area contributed by atoms with Gasteiger partial charge in [-0.3, -0.25) is 0 Å². The summed E-state index contributed by atoms with van der Waals surface area (Å²) in [6, 6.07) is 17.9. The number of urea groups is 1. The molecular weight excluding hydrogens is 382 g/mol. The number of amides is 2. The topological polar surface area (TPSA) is 62.5 Å². The van der Waals surface area contributed by atoms with Crippen LogP contribution in [-0.2, 0) is 19.4 Å². The molecular formula is C22H21N5OS. The molecule has 3 heterocycles. The Hall–Kier alpha value is -3.19. The highest BCUT2D eigenvalue weighted by molar-refractivity contribution is 7.17. The molecule has 0 bridgehead atoms. The minimum atomic E-state index is -0.0551. The van der Waals surface area contributed by atoms with Gasteiger partial charge in [0.2, 0.25) is 4.96 Å². The molecule has 6 nitrogen and oxygen atoms in total. The van der Waals surface area contributed by atoms with E-state index in [0.717, 1.165) is 51.0 Å². The lowest BCUT2D eigenvalue weighted by atomic mass is 10.1. The maximum absolute atomic E-state index is 12.8. The Labute approximate surface area is 172 Å². The lowest BCUT2D eigenvalue weighted by molar-refractivity contribution is 0.206. The number of thiazole rings is 1. The normalized spacial score (nSPS) is 13.5. The molecule has 0 aliphatic carbocycles. The summed E-state index contributed by atoms with van der Waals surface area (Å²) in [5.74, 6) is 0.746.